The number of rotatable bonds is 13. The van der Waals surface area contributed by atoms with Crippen LogP contribution in [0, 0.1) is 0 Å². The number of carboxylic acid groups (broad SMARTS) is 2. The van der Waals surface area contributed by atoms with Crippen molar-refractivity contribution in [2.45, 2.75) is 50.4 Å². The minimum atomic E-state index is -1.78. The molecule has 14 heteroatoms. The summed E-state index contributed by atoms with van der Waals surface area (Å²) in [5.41, 5.74) is 10.4. The highest BCUT2D eigenvalue weighted by molar-refractivity contribution is 5.93. The van der Waals surface area contributed by atoms with E-state index < -0.39 is 72.8 Å². The van der Waals surface area contributed by atoms with E-state index in [1.165, 1.54) is 0 Å². The second kappa shape index (κ2) is 12.2. The largest absolute Gasteiger partial charge is 0.481 e. The molecule has 4 unspecified atom stereocenters. The summed E-state index contributed by atoms with van der Waals surface area (Å²) < 4.78 is 0. The number of carbonyl (C=O) groups excluding carboxylic acids is 4. The lowest BCUT2D eigenvalue weighted by atomic mass is 10.1. The lowest BCUT2D eigenvalue weighted by Crippen LogP contribution is -2.57. The van der Waals surface area contributed by atoms with Gasteiger partial charge in [-0.2, -0.15) is 0 Å². The van der Waals surface area contributed by atoms with Crippen molar-refractivity contribution < 1.29 is 44.1 Å². The van der Waals surface area contributed by atoms with Gasteiger partial charge in [0.2, 0.25) is 23.6 Å². The second-order valence-corrected chi connectivity index (χ2v) is 6.11. The minimum Gasteiger partial charge on any atom is -0.481 e. The number of aliphatic carboxylic acids is 2. The van der Waals surface area contributed by atoms with Crippen LogP contribution in [0.15, 0.2) is 0 Å². The van der Waals surface area contributed by atoms with Crippen molar-refractivity contribution in [1.29, 1.82) is 0 Å². The molecule has 29 heavy (non-hydrogen) atoms. The molecular formula is C15H25N5O9. The van der Waals surface area contributed by atoms with Crippen LogP contribution in [-0.2, 0) is 28.8 Å². The Morgan fingerprint density at radius 2 is 1.59 bits per heavy atom. The molecule has 0 fully saturated rings. The molecule has 0 saturated carbocycles. The van der Waals surface area contributed by atoms with E-state index in [1.54, 1.807) is 0 Å². The predicted octanol–water partition coefficient (Wildman–Crippen LogP) is -4.39. The van der Waals surface area contributed by atoms with Crippen LogP contribution in [0.5, 0.6) is 0 Å². The molecule has 4 amide bonds. The Morgan fingerprint density at radius 1 is 1.00 bits per heavy atom. The maximum absolute atomic E-state index is 12.1. The molecule has 0 bridgehead atoms. The fraction of sp³-hybridized carbons (Fsp3) is 0.600. The summed E-state index contributed by atoms with van der Waals surface area (Å²) in [6.45, 7) is 0.507. The van der Waals surface area contributed by atoms with Crippen molar-refractivity contribution in [1.82, 2.24) is 16.0 Å². The molecule has 0 aliphatic carbocycles. The minimum absolute atomic E-state index is 0.0400. The van der Waals surface area contributed by atoms with Crippen molar-refractivity contribution in [2.24, 2.45) is 11.5 Å². The van der Waals surface area contributed by atoms with E-state index >= 15 is 0 Å². The number of hydrogen-bond acceptors (Lipinski definition) is 8. The summed E-state index contributed by atoms with van der Waals surface area (Å²) in [6.07, 6.45) is -2.55. The van der Waals surface area contributed by atoms with Gasteiger partial charge in [0.15, 0.2) is 0 Å². The number of hydrogen-bond donors (Lipinski definition) is 8. The van der Waals surface area contributed by atoms with E-state index in [9.17, 15) is 33.9 Å². The van der Waals surface area contributed by atoms with Crippen LogP contribution in [-0.4, -0.2) is 81.7 Å². The average molecular weight is 419 g/mol. The number of carboxylic acids is 2. The molecular weight excluding hydrogens is 394 g/mol. The molecule has 0 aromatic heterocycles. The van der Waals surface area contributed by atoms with Gasteiger partial charge in [0.05, 0.1) is 25.1 Å². The Labute approximate surface area is 165 Å². The average Bonchev–Trinajstić information content (AvgIpc) is 2.60. The highest BCUT2D eigenvalue weighted by Gasteiger charge is 2.30. The van der Waals surface area contributed by atoms with Crippen molar-refractivity contribution >= 4 is 35.6 Å². The molecule has 0 saturated heterocycles. The number of nitrogens with one attached hydrogen (secondary N) is 3. The van der Waals surface area contributed by atoms with Gasteiger partial charge in [-0.3, -0.25) is 24.0 Å². The van der Waals surface area contributed by atoms with Crippen molar-refractivity contribution in [3.05, 3.63) is 0 Å². The zero-order chi connectivity index (χ0) is 22.7. The molecule has 0 spiro atoms. The lowest BCUT2D eigenvalue weighted by molar-refractivity contribution is -0.147. The smallest absolute Gasteiger partial charge is 0.326 e. The number of carbonyl (C=O) groups is 6. The van der Waals surface area contributed by atoms with Gasteiger partial charge in [0, 0.05) is 6.42 Å². The fourth-order valence-electron chi connectivity index (χ4n) is 1.99. The summed E-state index contributed by atoms with van der Waals surface area (Å²) in [5, 5.41) is 33.4. The summed E-state index contributed by atoms with van der Waals surface area (Å²) in [7, 11) is 0. The first kappa shape index (κ1) is 25.7. The number of aliphatic hydroxyl groups is 1. The molecule has 0 aliphatic heterocycles. The zero-order valence-corrected chi connectivity index (χ0v) is 15.6. The first-order valence-corrected chi connectivity index (χ1v) is 8.39. The lowest BCUT2D eigenvalue weighted by Gasteiger charge is -2.23. The molecule has 0 radical (unpaired) electrons. The highest BCUT2D eigenvalue weighted by Crippen LogP contribution is 1.99. The number of aliphatic hydroxyl groups excluding tert-OH is 1. The van der Waals surface area contributed by atoms with Gasteiger partial charge in [-0.1, -0.05) is 0 Å². The molecule has 164 valence electrons. The van der Waals surface area contributed by atoms with Crippen LogP contribution >= 0.6 is 0 Å². The van der Waals surface area contributed by atoms with Crippen LogP contribution in [0.4, 0.5) is 0 Å². The summed E-state index contributed by atoms with van der Waals surface area (Å²) in [6, 6.07) is -4.49. The SMILES string of the molecule is CC(O)C(NC(=O)CNC(=O)C(N)CCC(N)=O)C(=O)NC(CC(=O)O)C(=O)O. The summed E-state index contributed by atoms with van der Waals surface area (Å²) in [4.78, 5) is 68.1. The maximum atomic E-state index is 12.1. The molecule has 0 heterocycles. The molecule has 0 aromatic rings. The Morgan fingerprint density at radius 3 is 2.03 bits per heavy atom. The van der Waals surface area contributed by atoms with Gasteiger partial charge < -0.3 is 42.7 Å². The van der Waals surface area contributed by atoms with Crippen molar-refractivity contribution in [3.8, 4) is 0 Å². The Kier molecular flexibility index (Phi) is 10.9. The fourth-order valence-corrected chi connectivity index (χ4v) is 1.99. The van der Waals surface area contributed by atoms with Gasteiger partial charge in [-0.05, 0) is 13.3 Å². The number of primary amides is 1. The van der Waals surface area contributed by atoms with Crippen LogP contribution in [0.1, 0.15) is 26.2 Å². The van der Waals surface area contributed by atoms with Crippen LogP contribution in [0.25, 0.3) is 0 Å². The van der Waals surface area contributed by atoms with Crippen LogP contribution in [0.2, 0.25) is 0 Å². The monoisotopic (exact) mass is 419 g/mol. The van der Waals surface area contributed by atoms with E-state index in [4.69, 9.17) is 21.7 Å². The maximum Gasteiger partial charge on any atom is 0.326 e. The topological polar surface area (TPSA) is 251 Å². The summed E-state index contributed by atoms with van der Waals surface area (Å²) >= 11 is 0. The molecule has 14 nitrogen and oxygen atoms in total. The molecule has 0 aromatic carbocycles. The van der Waals surface area contributed by atoms with E-state index in [0.29, 0.717) is 0 Å². The first-order valence-electron chi connectivity index (χ1n) is 8.39. The van der Waals surface area contributed by atoms with Gasteiger partial charge in [0.25, 0.3) is 0 Å². The molecule has 4 atom stereocenters. The standard InChI is InChI=1S/C15H25N5O9/c1-6(21)12(14(27)19-8(15(28)29)4-11(24)25)20-10(23)5-18-13(26)7(16)2-3-9(17)22/h6-8,12,21H,2-5,16H2,1H3,(H2,17,22)(H,18,26)(H,19,27)(H,20,23)(H,24,25)(H,28,29). The van der Waals surface area contributed by atoms with Gasteiger partial charge in [0.1, 0.15) is 12.1 Å². The Bertz CT molecular complexity index is 652. The molecule has 10 N–H and O–H groups in total. The zero-order valence-electron chi connectivity index (χ0n) is 15.6. The predicted molar refractivity (Wildman–Crippen MR) is 94.8 cm³/mol. The third-order valence-electron chi connectivity index (χ3n) is 3.54. The van der Waals surface area contributed by atoms with Crippen LogP contribution < -0.4 is 27.4 Å². The third-order valence-corrected chi connectivity index (χ3v) is 3.54. The summed E-state index contributed by atoms with van der Waals surface area (Å²) in [5.74, 6) is -6.55. The van der Waals surface area contributed by atoms with Gasteiger partial charge >= 0.3 is 11.9 Å². The first-order chi connectivity index (χ1) is 13.3. The number of nitrogens with two attached hydrogens (primary N) is 2. The third kappa shape index (κ3) is 10.6. The Balaban J connectivity index is 4.78. The van der Waals surface area contributed by atoms with Gasteiger partial charge in [-0.25, -0.2) is 4.79 Å². The van der Waals surface area contributed by atoms with E-state index in [0.717, 1.165) is 6.92 Å². The van der Waals surface area contributed by atoms with Crippen molar-refractivity contribution in [2.75, 3.05) is 6.54 Å². The van der Waals surface area contributed by atoms with Gasteiger partial charge in [-0.15, -0.1) is 0 Å². The molecule has 0 aliphatic rings. The molecule has 0 rings (SSSR count). The van der Waals surface area contributed by atoms with E-state index in [-0.39, 0.29) is 12.8 Å². The highest BCUT2D eigenvalue weighted by atomic mass is 16.4. The van der Waals surface area contributed by atoms with Crippen molar-refractivity contribution in [3.63, 3.8) is 0 Å². The quantitative estimate of drug-likeness (QED) is 0.142. The Hall–Kier alpha value is -3.26. The number of amides is 4. The van der Waals surface area contributed by atoms with Crippen LogP contribution in [0.3, 0.4) is 0 Å². The normalized spacial score (nSPS) is 14.6. The van der Waals surface area contributed by atoms with E-state index in [1.807, 2.05) is 5.32 Å². The second-order valence-electron chi connectivity index (χ2n) is 6.11. The van der Waals surface area contributed by atoms with E-state index in [2.05, 4.69) is 10.6 Å².